The van der Waals surface area contributed by atoms with E-state index in [-0.39, 0.29) is 16.0 Å². The number of benzene rings is 3. The first kappa shape index (κ1) is 20.1. The van der Waals surface area contributed by atoms with Gasteiger partial charge in [-0.25, -0.2) is 8.42 Å². The van der Waals surface area contributed by atoms with Crippen LogP contribution < -0.4 is 15.1 Å². The topological polar surface area (TPSA) is 115 Å². The highest BCUT2D eigenvalue weighted by molar-refractivity contribution is 7.92. The summed E-state index contributed by atoms with van der Waals surface area (Å²) in [6, 6.07) is 18.3. The van der Waals surface area contributed by atoms with Crippen LogP contribution >= 0.6 is 0 Å². The van der Waals surface area contributed by atoms with Crippen LogP contribution in [-0.4, -0.2) is 20.3 Å². The summed E-state index contributed by atoms with van der Waals surface area (Å²) in [6.45, 7) is 1.64. The second-order valence-corrected chi connectivity index (χ2v) is 7.92. The lowest BCUT2D eigenvalue weighted by molar-refractivity contribution is -0.255. The van der Waals surface area contributed by atoms with E-state index in [1.807, 2.05) is 0 Å². The molecule has 0 fully saturated rings. The van der Waals surface area contributed by atoms with E-state index in [1.165, 1.54) is 36.4 Å². The predicted molar refractivity (Wildman–Crippen MR) is 107 cm³/mol. The fraction of sp³-hybridized carbons (Fsp3) is 0.0476. The summed E-state index contributed by atoms with van der Waals surface area (Å²) < 4.78 is 28.0. The Morgan fingerprint density at radius 1 is 0.828 bits per heavy atom. The van der Waals surface area contributed by atoms with Crippen LogP contribution in [0.4, 0.5) is 11.4 Å². The highest BCUT2D eigenvalue weighted by Crippen LogP contribution is 2.21. The summed E-state index contributed by atoms with van der Waals surface area (Å²) in [5.74, 6) is -1.84. The molecule has 3 aromatic carbocycles. The van der Waals surface area contributed by atoms with Gasteiger partial charge in [0.1, 0.15) is 0 Å². The van der Waals surface area contributed by atoms with Crippen LogP contribution in [-0.2, 0) is 10.0 Å². The molecule has 7 nitrogen and oxygen atoms in total. The number of nitrogens with one attached hydrogen (secondary N) is 2. The first-order valence-electron chi connectivity index (χ1n) is 8.57. The van der Waals surface area contributed by atoms with Crippen LogP contribution in [0.1, 0.15) is 26.3 Å². The maximum Gasteiger partial charge on any atom is 0.262 e. The number of aromatic carboxylic acids is 1. The molecule has 3 aromatic rings. The van der Waals surface area contributed by atoms with Gasteiger partial charge >= 0.3 is 0 Å². The molecule has 148 valence electrons. The van der Waals surface area contributed by atoms with Gasteiger partial charge in [0, 0.05) is 16.9 Å². The Morgan fingerprint density at radius 2 is 1.45 bits per heavy atom. The van der Waals surface area contributed by atoms with Gasteiger partial charge in [-0.15, -0.1) is 0 Å². The van der Waals surface area contributed by atoms with Crippen LogP contribution in [0.3, 0.4) is 0 Å². The third kappa shape index (κ3) is 4.80. The molecule has 0 aromatic heterocycles. The summed E-state index contributed by atoms with van der Waals surface area (Å²) in [7, 11) is -3.89. The van der Waals surface area contributed by atoms with Crippen molar-refractivity contribution in [2.24, 2.45) is 0 Å². The maximum absolute atomic E-state index is 12.8. The van der Waals surface area contributed by atoms with Gasteiger partial charge in [0.2, 0.25) is 0 Å². The number of para-hydroxylation sites is 1. The average molecular weight is 409 g/mol. The largest absolute Gasteiger partial charge is 0.545 e. The number of carboxylic acids is 1. The van der Waals surface area contributed by atoms with E-state index in [2.05, 4.69) is 10.0 Å². The number of hydrogen-bond donors (Lipinski definition) is 2. The smallest absolute Gasteiger partial charge is 0.262 e. The second kappa shape index (κ2) is 8.15. The average Bonchev–Trinajstić information content (AvgIpc) is 2.69. The number of rotatable bonds is 6. The summed E-state index contributed by atoms with van der Waals surface area (Å²) in [6.07, 6.45) is 0. The van der Waals surface area contributed by atoms with Gasteiger partial charge in [-0.2, -0.15) is 0 Å². The molecule has 0 aliphatic carbocycles. The van der Waals surface area contributed by atoms with Crippen molar-refractivity contribution in [1.82, 2.24) is 0 Å². The molecule has 1 amide bonds. The fourth-order valence-electron chi connectivity index (χ4n) is 2.64. The lowest BCUT2D eigenvalue weighted by Gasteiger charge is -2.12. The van der Waals surface area contributed by atoms with E-state index in [0.717, 1.165) is 0 Å². The standard InChI is InChI=1S/C21H18N2O5S/c1-14-7-8-16(20(24)22-17-11-9-15(10-12-17)21(25)26)13-19(14)29(27,28)23-18-5-3-2-4-6-18/h2-13,23H,1H3,(H,22,24)(H,25,26)/p-1. The minimum absolute atomic E-state index is 0.0127. The summed E-state index contributed by atoms with van der Waals surface area (Å²) in [5.41, 5.74) is 1.40. The lowest BCUT2D eigenvalue weighted by atomic mass is 10.1. The third-order valence-corrected chi connectivity index (χ3v) is 5.67. The number of hydrogen-bond acceptors (Lipinski definition) is 5. The molecule has 0 spiro atoms. The Balaban J connectivity index is 1.84. The molecular formula is C21H17N2O5S-. The number of sulfonamides is 1. The Morgan fingerprint density at radius 3 is 2.07 bits per heavy atom. The predicted octanol–water partition coefficient (Wildman–Crippen LogP) is 2.41. The van der Waals surface area contributed by atoms with Gasteiger partial charge in [0.15, 0.2) is 0 Å². The molecule has 0 atom stereocenters. The van der Waals surface area contributed by atoms with Crippen LogP contribution in [0.15, 0.2) is 77.7 Å². The van der Waals surface area contributed by atoms with Gasteiger partial charge in [-0.05, 0) is 54.4 Å². The molecular weight excluding hydrogens is 392 g/mol. The molecule has 3 rings (SSSR count). The highest BCUT2D eigenvalue weighted by Gasteiger charge is 2.19. The zero-order valence-electron chi connectivity index (χ0n) is 15.4. The van der Waals surface area contributed by atoms with Crippen molar-refractivity contribution in [2.75, 3.05) is 10.0 Å². The molecule has 0 heterocycles. The minimum Gasteiger partial charge on any atom is -0.545 e. The summed E-state index contributed by atoms with van der Waals surface area (Å²) in [5, 5.41) is 13.4. The molecule has 2 N–H and O–H groups in total. The number of aryl methyl sites for hydroxylation is 1. The maximum atomic E-state index is 12.8. The van der Waals surface area contributed by atoms with Gasteiger partial charge < -0.3 is 15.2 Å². The summed E-state index contributed by atoms with van der Waals surface area (Å²) >= 11 is 0. The second-order valence-electron chi connectivity index (χ2n) is 6.27. The van der Waals surface area contributed by atoms with Crippen LogP contribution in [0.25, 0.3) is 0 Å². The molecule has 0 unspecified atom stereocenters. The van der Waals surface area contributed by atoms with Crippen molar-refractivity contribution in [1.29, 1.82) is 0 Å². The van der Waals surface area contributed by atoms with Gasteiger partial charge in [0.05, 0.1) is 10.9 Å². The Bertz CT molecular complexity index is 1160. The van der Waals surface area contributed by atoms with Crippen molar-refractivity contribution in [3.8, 4) is 0 Å². The van der Waals surface area contributed by atoms with Crippen LogP contribution in [0, 0.1) is 6.92 Å². The van der Waals surface area contributed by atoms with E-state index in [1.54, 1.807) is 43.3 Å². The van der Waals surface area contributed by atoms with E-state index in [0.29, 0.717) is 16.9 Å². The number of carbonyl (C=O) groups is 2. The molecule has 0 aliphatic heterocycles. The molecule has 0 radical (unpaired) electrons. The van der Waals surface area contributed by atoms with Gasteiger partial charge in [-0.1, -0.05) is 36.4 Å². The van der Waals surface area contributed by atoms with Crippen molar-refractivity contribution in [3.05, 3.63) is 89.5 Å². The van der Waals surface area contributed by atoms with Crippen LogP contribution in [0.2, 0.25) is 0 Å². The molecule has 0 aliphatic rings. The van der Waals surface area contributed by atoms with E-state index in [9.17, 15) is 23.1 Å². The molecule has 8 heteroatoms. The number of carboxylic acid groups (broad SMARTS) is 1. The molecule has 29 heavy (non-hydrogen) atoms. The molecule has 0 saturated carbocycles. The van der Waals surface area contributed by atoms with Gasteiger partial charge in [0.25, 0.3) is 15.9 Å². The highest BCUT2D eigenvalue weighted by atomic mass is 32.2. The fourth-order valence-corrected chi connectivity index (χ4v) is 3.97. The zero-order valence-corrected chi connectivity index (χ0v) is 16.2. The molecule has 0 saturated heterocycles. The summed E-state index contributed by atoms with van der Waals surface area (Å²) in [4.78, 5) is 23.3. The first-order valence-corrected chi connectivity index (χ1v) is 10.1. The van der Waals surface area contributed by atoms with Crippen molar-refractivity contribution >= 4 is 33.3 Å². The lowest BCUT2D eigenvalue weighted by Crippen LogP contribution is -2.22. The van der Waals surface area contributed by atoms with Gasteiger partial charge in [-0.3, -0.25) is 9.52 Å². The van der Waals surface area contributed by atoms with Crippen molar-refractivity contribution < 1.29 is 23.1 Å². The van der Waals surface area contributed by atoms with Crippen molar-refractivity contribution in [2.45, 2.75) is 11.8 Å². The molecule has 0 bridgehead atoms. The van der Waals surface area contributed by atoms with E-state index < -0.39 is 21.9 Å². The Kier molecular flexibility index (Phi) is 5.65. The first-order chi connectivity index (χ1) is 13.8. The van der Waals surface area contributed by atoms with Crippen molar-refractivity contribution in [3.63, 3.8) is 0 Å². The normalized spacial score (nSPS) is 10.9. The zero-order chi connectivity index (χ0) is 21.0. The quantitative estimate of drug-likeness (QED) is 0.649. The number of anilines is 2. The van der Waals surface area contributed by atoms with E-state index >= 15 is 0 Å². The van der Waals surface area contributed by atoms with E-state index in [4.69, 9.17) is 0 Å². The monoisotopic (exact) mass is 409 g/mol. The Labute approximate surface area is 168 Å². The SMILES string of the molecule is Cc1ccc(C(=O)Nc2ccc(C(=O)[O-])cc2)cc1S(=O)(=O)Nc1ccccc1. The Hall–Kier alpha value is -3.65. The number of amides is 1. The minimum atomic E-state index is -3.89. The number of carbonyl (C=O) groups excluding carboxylic acids is 2. The third-order valence-electron chi connectivity index (χ3n) is 4.14. The van der Waals surface area contributed by atoms with Crippen LogP contribution in [0.5, 0.6) is 0 Å².